The van der Waals surface area contributed by atoms with E-state index in [2.05, 4.69) is 14.8 Å². The number of halogens is 2. The van der Waals surface area contributed by atoms with E-state index in [0.717, 1.165) is 0 Å². The highest BCUT2D eigenvalue weighted by atomic mass is 127. The molecule has 0 aromatic rings. The normalized spacial score (nSPS) is 12.4. The topological polar surface area (TPSA) is 74.2 Å². The highest BCUT2D eigenvalue weighted by Gasteiger charge is 2.04. The fraction of sp³-hybridized carbons (Fsp3) is 0.875. The standard InChI is InChI=1S/C8H14ClIO6/c9-7(11)3-1-6-14-16-15-8(12)4-2-5-13-10/h7,11H,1-6H2. The van der Waals surface area contributed by atoms with E-state index in [1.807, 2.05) is 0 Å². The SMILES string of the molecule is O=C(CCCOI)OOOCCCC(O)Cl. The first kappa shape index (κ1) is 16.3. The van der Waals surface area contributed by atoms with Gasteiger partial charge >= 0.3 is 5.97 Å². The zero-order valence-electron chi connectivity index (χ0n) is 8.56. The third-order valence-corrected chi connectivity index (χ3v) is 2.11. The molecule has 0 spiro atoms. The van der Waals surface area contributed by atoms with Crippen molar-refractivity contribution in [1.82, 2.24) is 0 Å². The Kier molecular flexibility index (Phi) is 12.0. The lowest BCUT2D eigenvalue weighted by Crippen LogP contribution is -2.08. The fourth-order valence-corrected chi connectivity index (χ4v) is 1.19. The maximum Gasteiger partial charge on any atom is 0.345 e. The van der Waals surface area contributed by atoms with Gasteiger partial charge in [-0.25, -0.2) is 4.79 Å². The zero-order valence-corrected chi connectivity index (χ0v) is 11.5. The Morgan fingerprint density at radius 2 is 2.12 bits per heavy atom. The van der Waals surface area contributed by atoms with Crippen LogP contribution in [-0.4, -0.2) is 29.9 Å². The molecule has 1 atom stereocenters. The predicted molar refractivity (Wildman–Crippen MR) is 63.4 cm³/mol. The summed E-state index contributed by atoms with van der Waals surface area (Å²) in [6.45, 7) is 0.665. The molecule has 8 heteroatoms. The van der Waals surface area contributed by atoms with Crippen molar-refractivity contribution in [2.24, 2.45) is 0 Å². The first-order valence-electron chi connectivity index (χ1n) is 4.71. The molecule has 0 heterocycles. The smallest absolute Gasteiger partial charge is 0.345 e. The van der Waals surface area contributed by atoms with Crippen LogP contribution in [0.25, 0.3) is 0 Å². The summed E-state index contributed by atoms with van der Waals surface area (Å²) in [5.74, 6) is -0.522. The number of aliphatic hydroxyl groups excluding tert-OH is 1. The van der Waals surface area contributed by atoms with Crippen molar-refractivity contribution < 1.29 is 27.8 Å². The largest absolute Gasteiger partial charge is 0.378 e. The second-order valence-corrected chi connectivity index (χ2v) is 3.97. The van der Waals surface area contributed by atoms with Gasteiger partial charge in [0.1, 0.15) is 28.6 Å². The maximum atomic E-state index is 10.9. The molecule has 0 rings (SSSR count). The Labute approximate surface area is 113 Å². The Hall–Kier alpha value is 0.330. The summed E-state index contributed by atoms with van der Waals surface area (Å²) in [6.07, 6.45) is 1.65. The van der Waals surface area contributed by atoms with Crippen molar-refractivity contribution in [1.29, 1.82) is 0 Å². The lowest BCUT2D eigenvalue weighted by atomic mass is 10.3. The Bertz CT molecular complexity index is 180. The Morgan fingerprint density at radius 3 is 2.75 bits per heavy atom. The van der Waals surface area contributed by atoms with Crippen LogP contribution in [-0.2, 0) is 22.7 Å². The van der Waals surface area contributed by atoms with Gasteiger partial charge in [0.2, 0.25) is 0 Å². The molecular weight excluding hydrogens is 354 g/mol. The summed E-state index contributed by atoms with van der Waals surface area (Å²) in [4.78, 5) is 19.7. The number of rotatable bonds is 10. The van der Waals surface area contributed by atoms with Crippen LogP contribution in [0.1, 0.15) is 25.7 Å². The third kappa shape index (κ3) is 12.4. The van der Waals surface area contributed by atoms with Crippen LogP contribution in [0.4, 0.5) is 0 Å². The van der Waals surface area contributed by atoms with Crippen molar-refractivity contribution in [2.75, 3.05) is 13.2 Å². The number of hydrogen-bond acceptors (Lipinski definition) is 6. The predicted octanol–water partition coefficient (Wildman–Crippen LogP) is 1.88. The summed E-state index contributed by atoms with van der Waals surface area (Å²) in [6, 6.07) is 0. The van der Waals surface area contributed by atoms with Crippen LogP contribution >= 0.6 is 34.6 Å². The molecule has 0 aliphatic heterocycles. The monoisotopic (exact) mass is 368 g/mol. The van der Waals surface area contributed by atoms with Gasteiger partial charge in [-0.15, -0.1) is 0 Å². The third-order valence-electron chi connectivity index (χ3n) is 1.45. The minimum Gasteiger partial charge on any atom is -0.378 e. The van der Waals surface area contributed by atoms with E-state index < -0.39 is 11.5 Å². The molecule has 96 valence electrons. The van der Waals surface area contributed by atoms with Gasteiger partial charge in [-0.2, -0.15) is 4.89 Å². The molecule has 0 saturated carbocycles. The number of hydrogen-bond donors (Lipinski definition) is 1. The molecule has 0 aliphatic rings. The highest BCUT2D eigenvalue weighted by molar-refractivity contribution is 14.1. The van der Waals surface area contributed by atoms with E-state index in [1.54, 1.807) is 23.0 Å². The number of alkyl halides is 1. The molecule has 0 bridgehead atoms. The Morgan fingerprint density at radius 1 is 1.38 bits per heavy atom. The van der Waals surface area contributed by atoms with Gasteiger partial charge in [0, 0.05) is 0 Å². The van der Waals surface area contributed by atoms with Crippen LogP contribution in [0.3, 0.4) is 0 Å². The van der Waals surface area contributed by atoms with Crippen LogP contribution in [0.15, 0.2) is 0 Å². The minimum atomic E-state index is -0.889. The number of aliphatic hydroxyl groups is 1. The minimum absolute atomic E-state index is 0.188. The van der Waals surface area contributed by atoms with E-state index in [4.69, 9.17) is 19.8 Å². The van der Waals surface area contributed by atoms with E-state index in [1.165, 1.54) is 0 Å². The number of carbonyl (C=O) groups is 1. The van der Waals surface area contributed by atoms with Crippen molar-refractivity contribution in [3.8, 4) is 0 Å². The van der Waals surface area contributed by atoms with Gasteiger partial charge in [-0.1, -0.05) is 11.6 Å². The molecule has 1 unspecified atom stereocenters. The summed E-state index contributed by atoms with van der Waals surface area (Å²) in [7, 11) is 0. The highest BCUT2D eigenvalue weighted by Crippen LogP contribution is 2.02. The maximum absolute atomic E-state index is 10.9. The molecule has 0 aromatic heterocycles. The van der Waals surface area contributed by atoms with Gasteiger partial charge in [0.05, 0.1) is 19.6 Å². The molecule has 0 radical (unpaired) electrons. The van der Waals surface area contributed by atoms with Gasteiger partial charge in [-0.05, 0) is 24.3 Å². The van der Waals surface area contributed by atoms with E-state index >= 15 is 0 Å². The van der Waals surface area contributed by atoms with Crippen molar-refractivity contribution in [3.63, 3.8) is 0 Å². The molecular formula is C8H14ClIO6. The van der Waals surface area contributed by atoms with Gasteiger partial charge in [0.25, 0.3) is 0 Å². The molecule has 0 saturated heterocycles. The summed E-state index contributed by atoms with van der Waals surface area (Å²) >= 11 is 7.02. The van der Waals surface area contributed by atoms with E-state index in [0.29, 0.717) is 25.9 Å². The van der Waals surface area contributed by atoms with Gasteiger partial charge < -0.3 is 8.17 Å². The Balaban J connectivity index is 3.15. The van der Waals surface area contributed by atoms with Gasteiger partial charge in [-0.3, -0.25) is 4.89 Å². The van der Waals surface area contributed by atoms with Gasteiger partial charge in [0.15, 0.2) is 0 Å². The summed E-state index contributed by atoms with van der Waals surface area (Å²) < 4.78 is 4.73. The molecule has 0 aromatic carbocycles. The molecule has 6 nitrogen and oxygen atoms in total. The van der Waals surface area contributed by atoms with Crippen molar-refractivity contribution in [2.45, 2.75) is 31.2 Å². The summed E-state index contributed by atoms with van der Waals surface area (Å²) in [5, 5.41) is 12.9. The summed E-state index contributed by atoms with van der Waals surface area (Å²) in [5.41, 5.74) is -0.889. The van der Waals surface area contributed by atoms with Crippen molar-refractivity contribution >= 4 is 40.6 Å². The average Bonchev–Trinajstić information content (AvgIpc) is 2.23. The fourth-order valence-electron chi connectivity index (χ4n) is 0.719. The van der Waals surface area contributed by atoms with E-state index in [-0.39, 0.29) is 13.0 Å². The molecule has 16 heavy (non-hydrogen) atoms. The molecule has 0 amide bonds. The lowest BCUT2D eigenvalue weighted by molar-refractivity contribution is -0.486. The zero-order chi connectivity index (χ0) is 12.2. The first-order valence-corrected chi connectivity index (χ1v) is 6.03. The quantitative estimate of drug-likeness (QED) is 0.209. The number of carbonyl (C=O) groups excluding carboxylic acids is 1. The average molecular weight is 369 g/mol. The van der Waals surface area contributed by atoms with Crippen molar-refractivity contribution in [3.05, 3.63) is 0 Å². The molecule has 0 aliphatic carbocycles. The second-order valence-electron chi connectivity index (χ2n) is 2.84. The molecule has 1 N–H and O–H groups in total. The second kappa shape index (κ2) is 11.8. The van der Waals surface area contributed by atoms with Crippen LogP contribution < -0.4 is 0 Å². The van der Waals surface area contributed by atoms with Crippen LogP contribution in [0.5, 0.6) is 0 Å². The molecule has 0 fully saturated rings. The van der Waals surface area contributed by atoms with Crippen LogP contribution in [0, 0.1) is 0 Å². The first-order chi connectivity index (χ1) is 7.66. The van der Waals surface area contributed by atoms with Crippen LogP contribution in [0.2, 0.25) is 0 Å². The lowest BCUT2D eigenvalue weighted by Gasteiger charge is -2.03. The van der Waals surface area contributed by atoms with E-state index in [9.17, 15) is 4.79 Å².